The molecule has 1 heterocycles. The van der Waals surface area contributed by atoms with Crippen molar-refractivity contribution >= 4 is 35.8 Å². The molecule has 0 bridgehead atoms. The lowest BCUT2D eigenvalue weighted by molar-refractivity contribution is -0.128. The predicted octanol–water partition coefficient (Wildman–Crippen LogP) is 3.34. The second-order valence-corrected chi connectivity index (χ2v) is 7.61. The normalized spacial score (nSPS) is 12.1. The van der Waals surface area contributed by atoms with Crippen LogP contribution < -0.4 is 10.6 Å². The van der Waals surface area contributed by atoms with E-state index >= 15 is 0 Å². The molecular weight excluding hydrogens is 527 g/mol. The van der Waals surface area contributed by atoms with Crippen molar-refractivity contribution in [1.29, 1.82) is 0 Å². The molecule has 1 atom stereocenters. The zero-order chi connectivity index (χ0) is 23.2. The van der Waals surface area contributed by atoms with Crippen LogP contribution in [0.15, 0.2) is 59.7 Å². The summed E-state index contributed by atoms with van der Waals surface area (Å²) in [5.41, 5.74) is 2.25. The quantitative estimate of drug-likeness (QED) is 0.234. The molecule has 1 aromatic carbocycles. The van der Waals surface area contributed by atoms with Gasteiger partial charge in [0.1, 0.15) is 6.54 Å². The lowest BCUT2D eigenvalue weighted by Crippen LogP contribution is -2.43. The summed E-state index contributed by atoms with van der Waals surface area (Å²) < 4.78 is 0. The van der Waals surface area contributed by atoms with Crippen LogP contribution in [0.3, 0.4) is 0 Å². The third kappa shape index (κ3) is 10.1. The highest BCUT2D eigenvalue weighted by atomic mass is 127. The van der Waals surface area contributed by atoms with Crippen molar-refractivity contribution in [2.24, 2.45) is 4.99 Å². The van der Waals surface area contributed by atoms with E-state index in [1.54, 1.807) is 11.1 Å². The van der Waals surface area contributed by atoms with Crippen molar-refractivity contribution in [2.75, 3.05) is 46.3 Å². The summed E-state index contributed by atoms with van der Waals surface area (Å²) in [4.78, 5) is 25.5. The fourth-order valence-electron chi connectivity index (χ4n) is 3.55. The van der Waals surface area contributed by atoms with Gasteiger partial charge in [-0.1, -0.05) is 50.2 Å². The number of nitrogens with one attached hydrogen (secondary N) is 2. The summed E-state index contributed by atoms with van der Waals surface area (Å²) in [6, 6.07) is 16.6. The van der Waals surface area contributed by atoms with Crippen LogP contribution in [-0.2, 0) is 11.2 Å². The van der Waals surface area contributed by atoms with Crippen LogP contribution in [0.4, 0.5) is 0 Å². The third-order valence-corrected chi connectivity index (χ3v) is 5.47. The highest BCUT2D eigenvalue weighted by Gasteiger charge is 2.18. The number of amides is 1. The Labute approximate surface area is 216 Å². The van der Waals surface area contributed by atoms with Gasteiger partial charge in [0.25, 0.3) is 0 Å². The molecule has 0 spiro atoms. The molecule has 0 aliphatic carbocycles. The van der Waals surface area contributed by atoms with Gasteiger partial charge in [0, 0.05) is 45.0 Å². The average Bonchev–Trinajstić information content (AvgIpc) is 2.84. The zero-order valence-electron chi connectivity index (χ0n) is 20.3. The van der Waals surface area contributed by atoms with Crippen molar-refractivity contribution in [3.63, 3.8) is 0 Å². The topological polar surface area (TPSA) is 72.9 Å². The van der Waals surface area contributed by atoms with E-state index in [0.29, 0.717) is 19.0 Å². The number of likely N-dealkylation sites (N-methyl/N-ethyl adjacent to an activating group) is 2. The minimum Gasteiger partial charge on any atom is -0.357 e. The molecule has 0 saturated heterocycles. The van der Waals surface area contributed by atoms with Gasteiger partial charge in [0.15, 0.2) is 5.96 Å². The Morgan fingerprint density at radius 3 is 2.33 bits per heavy atom. The lowest BCUT2D eigenvalue weighted by Gasteiger charge is -2.30. The molecule has 2 rings (SSSR count). The molecule has 0 saturated carbocycles. The highest BCUT2D eigenvalue weighted by Crippen LogP contribution is 2.19. The Bertz CT molecular complexity index is 814. The van der Waals surface area contributed by atoms with Crippen molar-refractivity contribution in [3.05, 3.63) is 66.0 Å². The number of benzene rings is 1. The van der Waals surface area contributed by atoms with Gasteiger partial charge >= 0.3 is 0 Å². The van der Waals surface area contributed by atoms with Gasteiger partial charge in [0.2, 0.25) is 5.91 Å². The fourth-order valence-corrected chi connectivity index (χ4v) is 3.55. The Morgan fingerprint density at radius 2 is 1.73 bits per heavy atom. The Morgan fingerprint density at radius 1 is 1.03 bits per heavy atom. The van der Waals surface area contributed by atoms with Gasteiger partial charge in [0.05, 0.1) is 6.04 Å². The van der Waals surface area contributed by atoms with E-state index < -0.39 is 0 Å². The van der Waals surface area contributed by atoms with E-state index in [0.717, 1.165) is 31.7 Å². The third-order valence-electron chi connectivity index (χ3n) is 5.47. The molecule has 0 aliphatic heterocycles. The Balaban J connectivity index is 0.00000544. The first kappa shape index (κ1) is 28.8. The zero-order valence-corrected chi connectivity index (χ0v) is 22.7. The molecule has 1 amide bonds. The number of aliphatic imine (C=N–C) groups is 1. The summed E-state index contributed by atoms with van der Waals surface area (Å²) in [7, 11) is 1.81. The van der Waals surface area contributed by atoms with Gasteiger partial charge in [-0.3, -0.25) is 14.7 Å². The highest BCUT2D eigenvalue weighted by molar-refractivity contribution is 14.0. The first-order valence-corrected chi connectivity index (χ1v) is 11.5. The molecule has 182 valence electrons. The van der Waals surface area contributed by atoms with E-state index in [1.807, 2.05) is 38.2 Å². The number of rotatable bonds is 12. The van der Waals surface area contributed by atoms with Crippen molar-refractivity contribution in [3.8, 4) is 0 Å². The predicted molar refractivity (Wildman–Crippen MR) is 147 cm³/mol. The molecule has 0 aliphatic rings. The molecule has 33 heavy (non-hydrogen) atoms. The number of carbonyl (C=O) groups excluding carboxylic acids is 1. The largest absolute Gasteiger partial charge is 0.357 e. The molecule has 1 unspecified atom stereocenters. The second kappa shape index (κ2) is 16.4. The minimum atomic E-state index is -0.0125. The van der Waals surface area contributed by atoms with E-state index in [9.17, 15) is 4.79 Å². The fraction of sp³-hybridized carbons (Fsp3) is 0.480. The van der Waals surface area contributed by atoms with E-state index in [1.165, 1.54) is 5.56 Å². The maximum absolute atomic E-state index is 12.6. The smallest absolute Gasteiger partial charge is 0.244 e. The maximum atomic E-state index is 12.6. The Kier molecular flexibility index (Phi) is 14.3. The number of hydrogen-bond acceptors (Lipinski definition) is 4. The van der Waals surface area contributed by atoms with Crippen LogP contribution in [0.2, 0.25) is 0 Å². The van der Waals surface area contributed by atoms with Crippen LogP contribution in [0.25, 0.3) is 0 Å². The van der Waals surface area contributed by atoms with Crippen molar-refractivity contribution in [1.82, 2.24) is 25.4 Å². The summed E-state index contributed by atoms with van der Waals surface area (Å²) in [5, 5.41) is 6.69. The number of pyridine rings is 1. The molecule has 7 nitrogen and oxygen atoms in total. The maximum Gasteiger partial charge on any atom is 0.244 e. The van der Waals surface area contributed by atoms with Gasteiger partial charge in [-0.2, -0.15) is 0 Å². The monoisotopic (exact) mass is 566 g/mol. The number of guanidine groups is 1. The van der Waals surface area contributed by atoms with Gasteiger partial charge in [-0.25, -0.2) is 4.99 Å². The average molecular weight is 567 g/mol. The van der Waals surface area contributed by atoms with Crippen LogP contribution in [-0.4, -0.2) is 73.0 Å². The van der Waals surface area contributed by atoms with Crippen LogP contribution in [0.5, 0.6) is 0 Å². The first-order chi connectivity index (χ1) is 15.6. The summed E-state index contributed by atoms with van der Waals surface area (Å²) in [6.07, 6.45) is 2.50. The SMILES string of the molecule is CCNC(=NCC(=O)N(C)CCc1ccccn1)NCC(c1ccccc1)N(CC)CC.I. The van der Waals surface area contributed by atoms with Gasteiger partial charge < -0.3 is 15.5 Å². The molecule has 1 aromatic heterocycles. The number of aromatic nitrogens is 1. The van der Waals surface area contributed by atoms with Crippen LogP contribution in [0, 0.1) is 0 Å². The number of carbonyl (C=O) groups is 1. The molecule has 2 aromatic rings. The summed E-state index contributed by atoms with van der Waals surface area (Å²) in [6.45, 7) is 10.5. The molecule has 0 radical (unpaired) electrons. The van der Waals surface area contributed by atoms with E-state index in [-0.39, 0.29) is 42.5 Å². The molecule has 8 heteroatoms. The molecule has 0 fully saturated rings. The van der Waals surface area contributed by atoms with E-state index in [4.69, 9.17) is 0 Å². The number of hydrogen-bond donors (Lipinski definition) is 2. The lowest BCUT2D eigenvalue weighted by atomic mass is 10.1. The standard InChI is InChI=1S/C25H38N6O.HI/c1-5-26-25(28-19-23(31(6-2)7-3)21-13-9-8-10-14-21)29-20-24(32)30(4)18-16-22-15-11-12-17-27-22;/h8-15,17,23H,5-7,16,18-20H2,1-4H3,(H2,26,28,29);1H. The van der Waals surface area contributed by atoms with Crippen molar-refractivity contribution < 1.29 is 4.79 Å². The first-order valence-electron chi connectivity index (χ1n) is 11.5. The number of halogens is 1. The number of nitrogens with zero attached hydrogens (tertiary/aromatic N) is 4. The Hall–Kier alpha value is -2.20. The van der Waals surface area contributed by atoms with Crippen LogP contribution in [0.1, 0.15) is 38.1 Å². The summed E-state index contributed by atoms with van der Waals surface area (Å²) >= 11 is 0. The van der Waals surface area contributed by atoms with Gasteiger partial charge in [-0.15, -0.1) is 24.0 Å². The van der Waals surface area contributed by atoms with Crippen molar-refractivity contribution in [2.45, 2.75) is 33.2 Å². The summed E-state index contributed by atoms with van der Waals surface area (Å²) in [5.74, 6) is 0.647. The van der Waals surface area contributed by atoms with Gasteiger partial charge in [-0.05, 0) is 37.7 Å². The van der Waals surface area contributed by atoms with Crippen LogP contribution >= 0.6 is 24.0 Å². The van der Waals surface area contributed by atoms with E-state index in [2.05, 4.69) is 63.6 Å². The minimum absolute atomic E-state index is 0. The molecule has 2 N–H and O–H groups in total. The molecular formula is C25H39IN6O. The second-order valence-electron chi connectivity index (χ2n) is 7.61.